The van der Waals surface area contributed by atoms with Gasteiger partial charge in [0.05, 0.1) is 5.69 Å². The molecular weight excluding hydrogens is 172 g/mol. The molecule has 0 fully saturated rings. The Kier molecular flexibility index (Phi) is 4.05. The number of hydrogen-bond donors (Lipinski definition) is 0. The molecule has 1 aromatic rings. The maximum Gasteiger partial charge on any atom is 0.0687 e. The largest absolute Gasteiger partial charge is 0.159 e. The molecule has 0 aliphatic carbocycles. The molecule has 0 bridgehead atoms. The lowest BCUT2D eigenvalue weighted by molar-refractivity contribution is 0.434. The first-order valence-electron chi connectivity index (χ1n) is 5.45. The maximum absolute atomic E-state index is 4.18. The van der Waals surface area contributed by atoms with Crippen LogP contribution in [0, 0.1) is 0 Å². The van der Waals surface area contributed by atoms with Gasteiger partial charge in [-0.15, -0.1) is 0 Å². The lowest BCUT2D eigenvalue weighted by atomic mass is 9.83. The molecular formula is C12H20N2. The van der Waals surface area contributed by atoms with Crippen molar-refractivity contribution in [1.82, 2.24) is 10.2 Å². The SMILES string of the molecule is CCCCCC(C)(C)c1cccnn1. The highest BCUT2D eigenvalue weighted by molar-refractivity contribution is 5.11. The Hall–Kier alpha value is -0.920. The number of nitrogens with zero attached hydrogens (tertiary/aromatic N) is 2. The van der Waals surface area contributed by atoms with E-state index in [9.17, 15) is 0 Å². The first-order chi connectivity index (χ1) is 6.67. The summed E-state index contributed by atoms with van der Waals surface area (Å²) in [6, 6.07) is 4.03. The molecule has 0 aliphatic heterocycles. The summed E-state index contributed by atoms with van der Waals surface area (Å²) in [6.45, 7) is 6.72. The summed E-state index contributed by atoms with van der Waals surface area (Å²) in [5, 5.41) is 8.11. The van der Waals surface area contributed by atoms with Gasteiger partial charge in [0.15, 0.2) is 0 Å². The standard InChI is InChI=1S/C12H20N2/c1-4-5-6-9-12(2,3)11-8-7-10-13-14-11/h7-8,10H,4-6,9H2,1-3H3. The summed E-state index contributed by atoms with van der Waals surface area (Å²) in [5.41, 5.74) is 1.28. The van der Waals surface area contributed by atoms with Crippen molar-refractivity contribution in [2.24, 2.45) is 0 Å². The van der Waals surface area contributed by atoms with Crippen molar-refractivity contribution in [3.63, 3.8) is 0 Å². The summed E-state index contributed by atoms with van der Waals surface area (Å²) < 4.78 is 0. The van der Waals surface area contributed by atoms with Gasteiger partial charge in [0.1, 0.15) is 0 Å². The summed E-state index contributed by atoms with van der Waals surface area (Å²) >= 11 is 0. The monoisotopic (exact) mass is 192 g/mol. The highest BCUT2D eigenvalue weighted by atomic mass is 15.1. The molecule has 0 spiro atoms. The van der Waals surface area contributed by atoms with Crippen molar-refractivity contribution >= 4 is 0 Å². The highest BCUT2D eigenvalue weighted by Gasteiger charge is 2.21. The van der Waals surface area contributed by atoms with E-state index in [-0.39, 0.29) is 5.41 Å². The van der Waals surface area contributed by atoms with Gasteiger partial charge in [0, 0.05) is 11.6 Å². The number of unbranched alkanes of at least 4 members (excludes halogenated alkanes) is 2. The van der Waals surface area contributed by atoms with E-state index in [1.807, 2.05) is 6.07 Å². The van der Waals surface area contributed by atoms with E-state index in [0.717, 1.165) is 5.69 Å². The van der Waals surface area contributed by atoms with Gasteiger partial charge in [-0.1, -0.05) is 40.0 Å². The van der Waals surface area contributed by atoms with Gasteiger partial charge < -0.3 is 0 Å². The second-order valence-electron chi connectivity index (χ2n) is 4.45. The van der Waals surface area contributed by atoms with Crippen molar-refractivity contribution in [3.05, 3.63) is 24.0 Å². The van der Waals surface area contributed by atoms with Crippen LogP contribution in [-0.2, 0) is 5.41 Å². The second kappa shape index (κ2) is 5.08. The molecule has 1 aromatic heterocycles. The molecule has 0 N–H and O–H groups in total. The number of hydrogen-bond acceptors (Lipinski definition) is 2. The number of aromatic nitrogens is 2. The lowest BCUT2D eigenvalue weighted by Gasteiger charge is -2.22. The molecule has 0 atom stereocenters. The summed E-state index contributed by atoms with van der Waals surface area (Å²) in [7, 11) is 0. The van der Waals surface area contributed by atoms with E-state index in [4.69, 9.17) is 0 Å². The Morgan fingerprint density at radius 3 is 2.64 bits per heavy atom. The van der Waals surface area contributed by atoms with Crippen molar-refractivity contribution in [3.8, 4) is 0 Å². The topological polar surface area (TPSA) is 25.8 Å². The van der Waals surface area contributed by atoms with Gasteiger partial charge >= 0.3 is 0 Å². The fraction of sp³-hybridized carbons (Fsp3) is 0.667. The van der Waals surface area contributed by atoms with Crippen LogP contribution in [0.25, 0.3) is 0 Å². The van der Waals surface area contributed by atoms with Gasteiger partial charge in [-0.05, 0) is 18.6 Å². The second-order valence-corrected chi connectivity index (χ2v) is 4.45. The third-order valence-electron chi connectivity index (χ3n) is 2.67. The van der Waals surface area contributed by atoms with Crippen LogP contribution in [0.1, 0.15) is 52.1 Å². The van der Waals surface area contributed by atoms with Gasteiger partial charge in [-0.3, -0.25) is 0 Å². The third kappa shape index (κ3) is 3.09. The Labute approximate surface area is 86.8 Å². The predicted molar refractivity (Wildman–Crippen MR) is 59.2 cm³/mol. The molecule has 14 heavy (non-hydrogen) atoms. The Morgan fingerprint density at radius 1 is 1.29 bits per heavy atom. The Bertz CT molecular complexity index is 254. The first-order valence-corrected chi connectivity index (χ1v) is 5.45. The van der Waals surface area contributed by atoms with Crippen LogP contribution in [0.3, 0.4) is 0 Å². The minimum Gasteiger partial charge on any atom is -0.159 e. The van der Waals surface area contributed by atoms with Crippen LogP contribution in [0.15, 0.2) is 18.3 Å². The molecule has 2 heteroatoms. The van der Waals surface area contributed by atoms with Crippen LogP contribution in [-0.4, -0.2) is 10.2 Å². The molecule has 2 nitrogen and oxygen atoms in total. The summed E-state index contributed by atoms with van der Waals surface area (Å²) in [5.74, 6) is 0. The van der Waals surface area contributed by atoms with Gasteiger partial charge in [-0.2, -0.15) is 10.2 Å². The first kappa shape index (κ1) is 11.2. The van der Waals surface area contributed by atoms with Crippen molar-refractivity contribution in [2.45, 2.75) is 51.9 Å². The highest BCUT2D eigenvalue weighted by Crippen LogP contribution is 2.26. The van der Waals surface area contributed by atoms with Crippen LogP contribution in [0.5, 0.6) is 0 Å². The minimum atomic E-state index is 0.170. The van der Waals surface area contributed by atoms with Gasteiger partial charge in [-0.25, -0.2) is 0 Å². The molecule has 0 saturated heterocycles. The van der Waals surface area contributed by atoms with Crippen LogP contribution < -0.4 is 0 Å². The molecule has 0 unspecified atom stereocenters. The lowest BCUT2D eigenvalue weighted by Crippen LogP contribution is -2.19. The zero-order valence-electron chi connectivity index (χ0n) is 9.45. The third-order valence-corrected chi connectivity index (χ3v) is 2.67. The van der Waals surface area contributed by atoms with Crippen molar-refractivity contribution in [2.75, 3.05) is 0 Å². The fourth-order valence-electron chi connectivity index (χ4n) is 1.61. The van der Waals surface area contributed by atoms with Crippen LogP contribution in [0.4, 0.5) is 0 Å². The smallest absolute Gasteiger partial charge is 0.0687 e. The van der Waals surface area contributed by atoms with Crippen molar-refractivity contribution < 1.29 is 0 Å². The average molecular weight is 192 g/mol. The van der Waals surface area contributed by atoms with E-state index < -0.39 is 0 Å². The van der Waals surface area contributed by atoms with E-state index in [2.05, 4.69) is 37.0 Å². The predicted octanol–water partition coefficient (Wildman–Crippen LogP) is 3.33. The molecule has 0 aromatic carbocycles. The number of rotatable bonds is 5. The zero-order valence-corrected chi connectivity index (χ0v) is 9.45. The van der Waals surface area contributed by atoms with E-state index >= 15 is 0 Å². The summed E-state index contributed by atoms with van der Waals surface area (Å²) in [6.07, 6.45) is 6.78. The molecule has 1 rings (SSSR count). The quantitative estimate of drug-likeness (QED) is 0.669. The molecule has 0 amide bonds. The molecule has 0 aliphatic rings. The molecule has 0 radical (unpaired) electrons. The van der Waals surface area contributed by atoms with E-state index in [0.29, 0.717) is 0 Å². The minimum absolute atomic E-state index is 0.170. The molecule has 0 saturated carbocycles. The van der Waals surface area contributed by atoms with E-state index in [1.54, 1.807) is 6.20 Å². The maximum atomic E-state index is 4.18. The zero-order chi connectivity index (χ0) is 10.4. The molecule has 78 valence electrons. The molecule has 1 heterocycles. The van der Waals surface area contributed by atoms with Gasteiger partial charge in [0.2, 0.25) is 0 Å². The Morgan fingerprint density at radius 2 is 2.07 bits per heavy atom. The Balaban J connectivity index is 2.56. The van der Waals surface area contributed by atoms with Crippen molar-refractivity contribution in [1.29, 1.82) is 0 Å². The van der Waals surface area contributed by atoms with Crippen LogP contribution >= 0.6 is 0 Å². The van der Waals surface area contributed by atoms with Crippen LogP contribution in [0.2, 0.25) is 0 Å². The van der Waals surface area contributed by atoms with Gasteiger partial charge in [0.25, 0.3) is 0 Å². The normalized spacial score (nSPS) is 11.6. The van der Waals surface area contributed by atoms with E-state index in [1.165, 1.54) is 25.7 Å². The summed E-state index contributed by atoms with van der Waals surface area (Å²) in [4.78, 5) is 0. The average Bonchev–Trinajstić information content (AvgIpc) is 2.19. The fourth-order valence-corrected chi connectivity index (χ4v) is 1.61.